The van der Waals surface area contributed by atoms with Gasteiger partial charge in [-0.2, -0.15) is 0 Å². The van der Waals surface area contributed by atoms with E-state index in [9.17, 15) is 5.11 Å². The number of aromatic hydroxyl groups is 1. The number of phenols is 1. The topological polar surface area (TPSA) is 48.9 Å². The lowest BCUT2D eigenvalue weighted by Crippen LogP contribution is -1.83. The minimum Gasteiger partial charge on any atom is -0.507 e. The molecule has 0 saturated carbocycles. The van der Waals surface area contributed by atoms with Crippen molar-refractivity contribution in [2.75, 3.05) is 0 Å². The molecule has 0 unspecified atom stereocenters. The Balaban J connectivity index is 1.98. The third-order valence-corrected chi connectivity index (χ3v) is 3.51. The zero-order valence-electron chi connectivity index (χ0n) is 10.7. The second-order valence-corrected chi connectivity index (χ2v) is 4.82. The highest BCUT2D eigenvalue weighted by Crippen LogP contribution is 2.32. The highest BCUT2D eigenvalue weighted by molar-refractivity contribution is 5.90. The van der Waals surface area contributed by atoms with Gasteiger partial charge in [0.05, 0.1) is 16.6 Å². The fourth-order valence-corrected chi connectivity index (χ4v) is 2.50. The van der Waals surface area contributed by atoms with E-state index >= 15 is 0 Å². The molecule has 0 saturated heterocycles. The van der Waals surface area contributed by atoms with E-state index in [1.54, 1.807) is 6.07 Å². The average molecular weight is 260 g/mol. The van der Waals surface area contributed by atoms with Crippen LogP contribution in [0.4, 0.5) is 0 Å². The molecule has 4 rings (SSSR count). The second-order valence-electron chi connectivity index (χ2n) is 4.82. The lowest BCUT2D eigenvalue weighted by atomic mass is 10.1. The van der Waals surface area contributed by atoms with Gasteiger partial charge in [0.15, 0.2) is 0 Å². The predicted octanol–water partition coefficient (Wildman–Crippen LogP) is 4.09. The fourth-order valence-electron chi connectivity index (χ4n) is 2.50. The second kappa shape index (κ2) is 4.10. The van der Waals surface area contributed by atoms with Gasteiger partial charge in [-0.3, -0.25) is 0 Å². The molecule has 0 spiro atoms. The van der Waals surface area contributed by atoms with Gasteiger partial charge in [0.2, 0.25) is 0 Å². The summed E-state index contributed by atoms with van der Waals surface area (Å²) in [5, 5.41) is 12.3. The number of H-pyrrole nitrogens is 1. The molecule has 4 aromatic rings. The molecule has 20 heavy (non-hydrogen) atoms. The van der Waals surface area contributed by atoms with Crippen LogP contribution in [0.5, 0.6) is 5.75 Å². The van der Waals surface area contributed by atoms with Gasteiger partial charge in [-0.1, -0.05) is 36.4 Å². The van der Waals surface area contributed by atoms with Crippen LogP contribution < -0.4 is 0 Å². The van der Waals surface area contributed by atoms with Gasteiger partial charge in [-0.25, -0.2) is 4.98 Å². The normalized spacial score (nSPS) is 11.2. The molecule has 0 bridgehead atoms. The zero-order valence-corrected chi connectivity index (χ0v) is 10.7. The summed E-state index contributed by atoms with van der Waals surface area (Å²) < 4.78 is 0. The maximum absolute atomic E-state index is 10.2. The summed E-state index contributed by atoms with van der Waals surface area (Å²) in [5.41, 5.74) is 2.59. The summed E-state index contributed by atoms with van der Waals surface area (Å²) in [5.74, 6) is 0.928. The lowest BCUT2D eigenvalue weighted by Gasteiger charge is -2.04. The van der Waals surface area contributed by atoms with Crippen LogP contribution in [0.15, 0.2) is 60.7 Å². The lowest BCUT2D eigenvalue weighted by molar-refractivity contribution is 0.478. The molecule has 0 fully saturated rings. The molecule has 96 valence electrons. The summed E-state index contributed by atoms with van der Waals surface area (Å²) in [6.45, 7) is 0. The first-order valence-corrected chi connectivity index (χ1v) is 6.48. The molecule has 3 aromatic carbocycles. The molecule has 3 heteroatoms. The van der Waals surface area contributed by atoms with E-state index in [0.29, 0.717) is 5.82 Å². The first-order chi connectivity index (χ1) is 9.81. The largest absolute Gasteiger partial charge is 0.507 e. The Bertz CT molecular complexity index is 891. The number of hydrogen-bond acceptors (Lipinski definition) is 2. The standard InChI is InChI=1S/C17H12N2O/c20-16-10-12-6-2-1-5-11(12)9-13(16)17-18-14-7-3-4-8-15(14)19-17/h1-10,20H,(H,18,19). The summed E-state index contributed by atoms with van der Waals surface area (Å²) >= 11 is 0. The van der Waals surface area contributed by atoms with Gasteiger partial charge in [0.1, 0.15) is 11.6 Å². The number of aromatic nitrogens is 2. The highest BCUT2D eigenvalue weighted by atomic mass is 16.3. The van der Waals surface area contributed by atoms with E-state index in [2.05, 4.69) is 9.97 Å². The van der Waals surface area contributed by atoms with Crippen molar-refractivity contribution in [2.24, 2.45) is 0 Å². The van der Waals surface area contributed by atoms with Crippen LogP contribution in [0.1, 0.15) is 0 Å². The molecular weight excluding hydrogens is 248 g/mol. The van der Waals surface area contributed by atoms with E-state index in [1.807, 2.05) is 54.6 Å². The molecule has 1 heterocycles. The Morgan fingerprint density at radius 2 is 1.55 bits per heavy atom. The summed E-state index contributed by atoms with van der Waals surface area (Å²) in [6.07, 6.45) is 0. The third kappa shape index (κ3) is 1.64. The number of benzene rings is 3. The molecule has 0 amide bonds. The van der Waals surface area contributed by atoms with E-state index in [-0.39, 0.29) is 5.75 Å². The first kappa shape index (κ1) is 11.1. The van der Waals surface area contributed by atoms with Crippen molar-refractivity contribution in [2.45, 2.75) is 0 Å². The molecule has 2 N–H and O–H groups in total. The van der Waals surface area contributed by atoms with Crippen LogP contribution in [-0.4, -0.2) is 15.1 Å². The van der Waals surface area contributed by atoms with Crippen molar-refractivity contribution in [1.82, 2.24) is 9.97 Å². The molecule has 0 aliphatic rings. The van der Waals surface area contributed by atoms with Crippen molar-refractivity contribution in [3.63, 3.8) is 0 Å². The Morgan fingerprint density at radius 1 is 0.850 bits per heavy atom. The minimum absolute atomic E-state index is 0.239. The summed E-state index contributed by atoms with van der Waals surface area (Å²) in [6, 6.07) is 19.5. The maximum Gasteiger partial charge on any atom is 0.142 e. The summed E-state index contributed by atoms with van der Waals surface area (Å²) in [4.78, 5) is 7.78. The molecule has 3 nitrogen and oxygen atoms in total. The van der Waals surface area contributed by atoms with Crippen LogP contribution in [-0.2, 0) is 0 Å². The van der Waals surface area contributed by atoms with E-state index in [0.717, 1.165) is 27.4 Å². The minimum atomic E-state index is 0.239. The molecule has 0 radical (unpaired) electrons. The zero-order chi connectivity index (χ0) is 13.5. The number of nitrogens with one attached hydrogen (secondary N) is 1. The van der Waals surface area contributed by atoms with Crippen LogP contribution in [0.2, 0.25) is 0 Å². The monoisotopic (exact) mass is 260 g/mol. The Kier molecular flexibility index (Phi) is 2.27. The molecule has 0 aliphatic heterocycles. The number of nitrogens with zero attached hydrogens (tertiary/aromatic N) is 1. The maximum atomic E-state index is 10.2. The van der Waals surface area contributed by atoms with Gasteiger partial charge >= 0.3 is 0 Å². The number of para-hydroxylation sites is 2. The van der Waals surface area contributed by atoms with Crippen LogP contribution >= 0.6 is 0 Å². The average Bonchev–Trinajstić information content (AvgIpc) is 2.90. The van der Waals surface area contributed by atoms with Crippen molar-refractivity contribution in [3.05, 3.63) is 60.7 Å². The van der Waals surface area contributed by atoms with Gasteiger partial charge in [-0.15, -0.1) is 0 Å². The quantitative estimate of drug-likeness (QED) is 0.541. The van der Waals surface area contributed by atoms with Crippen molar-refractivity contribution in [1.29, 1.82) is 0 Å². The number of imidazole rings is 1. The third-order valence-electron chi connectivity index (χ3n) is 3.51. The van der Waals surface area contributed by atoms with Crippen LogP contribution in [0.3, 0.4) is 0 Å². The van der Waals surface area contributed by atoms with Gasteiger partial charge in [0.25, 0.3) is 0 Å². The van der Waals surface area contributed by atoms with Crippen molar-refractivity contribution >= 4 is 21.8 Å². The number of hydrogen-bond donors (Lipinski definition) is 2. The number of fused-ring (bicyclic) bond motifs is 2. The Labute approximate surface area is 115 Å². The van der Waals surface area contributed by atoms with Crippen LogP contribution in [0.25, 0.3) is 33.2 Å². The number of rotatable bonds is 1. The molecule has 0 atom stereocenters. The van der Waals surface area contributed by atoms with Crippen molar-refractivity contribution in [3.8, 4) is 17.1 Å². The molecule has 1 aromatic heterocycles. The van der Waals surface area contributed by atoms with Gasteiger partial charge in [-0.05, 0) is 35.0 Å². The molecular formula is C17H12N2O. The Hall–Kier alpha value is -2.81. The molecule has 0 aliphatic carbocycles. The smallest absolute Gasteiger partial charge is 0.142 e. The Morgan fingerprint density at radius 3 is 2.35 bits per heavy atom. The first-order valence-electron chi connectivity index (χ1n) is 6.48. The van der Waals surface area contributed by atoms with Gasteiger partial charge in [0, 0.05) is 0 Å². The van der Waals surface area contributed by atoms with E-state index in [1.165, 1.54) is 0 Å². The van der Waals surface area contributed by atoms with E-state index < -0.39 is 0 Å². The van der Waals surface area contributed by atoms with Crippen molar-refractivity contribution < 1.29 is 5.11 Å². The summed E-state index contributed by atoms with van der Waals surface area (Å²) in [7, 11) is 0. The highest BCUT2D eigenvalue weighted by Gasteiger charge is 2.10. The van der Waals surface area contributed by atoms with E-state index in [4.69, 9.17) is 0 Å². The predicted molar refractivity (Wildman–Crippen MR) is 80.7 cm³/mol. The van der Waals surface area contributed by atoms with Gasteiger partial charge < -0.3 is 10.1 Å². The number of phenolic OH excluding ortho intramolecular Hbond substituents is 1. The SMILES string of the molecule is Oc1cc2ccccc2cc1-c1nc2ccccc2[nH]1. The van der Waals surface area contributed by atoms with Crippen LogP contribution in [0, 0.1) is 0 Å². The number of aromatic amines is 1. The fraction of sp³-hybridized carbons (Fsp3) is 0.